The highest BCUT2D eigenvalue weighted by Gasteiger charge is 2.15. The third kappa shape index (κ3) is 7.80. The first-order chi connectivity index (χ1) is 18.1. The van der Waals surface area contributed by atoms with E-state index in [1.54, 1.807) is 12.7 Å². The molecule has 0 spiro atoms. The molecule has 7 heteroatoms. The Morgan fingerprint density at radius 2 is 1.24 bits per heavy atom. The third-order valence-corrected chi connectivity index (χ3v) is 8.86. The molecule has 4 aromatic carbocycles. The SMILES string of the molecule is BC=C(c1ccccc1)c1ccccc1.Clc1ccc(C([SiH2]Cn2cncn2)c2ccc(Cl)cc2)cc1. The Balaban J connectivity index is 0.000000186. The van der Waals surface area contributed by atoms with E-state index >= 15 is 0 Å². The average molecular weight is 540 g/mol. The zero-order chi connectivity index (χ0) is 25.9. The number of rotatable bonds is 7. The number of benzene rings is 4. The van der Waals surface area contributed by atoms with E-state index in [1.165, 1.54) is 27.8 Å². The molecule has 1 aromatic heterocycles. The maximum atomic E-state index is 6.01. The fourth-order valence-corrected chi connectivity index (χ4v) is 6.48. The van der Waals surface area contributed by atoms with Crippen molar-refractivity contribution in [3.05, 3.63) is 160 Å². The molecule has 0 saturated heterocycles. The largest absolute Gasteiger partial charge is 0.257 e. The van der Waals surface area contributed by atoms with Crippen molar-refractivity contribution in [1.29, 1.82) is 0 Å². The van der Waals surface area contributed by atoms with Gasteiger partial charge in [-0.1, -0.05) is 108 Å². The van der Waals surface area contributed by atoms with Crippen molar-refractivity contribution in [1.82, 2.24) is 14.8 Å². The van der Waals surface area contributed by atoms with Crippen LogP contribution in [0.5, 0.6) is 0 Å². The maximum absolute atomic E-state index is 6.01. The van der Waals surface area contributed by atoms with E-state index in [4.69, 9.17) is 23.2 Å². The molecule has 0 saturated carbocycles. The molecule has 0 N–H and O–H groups in total. The summed E-state index contributed by atoms with van der Waals surface area (Å²) in [4.78, 5) is 4.01. The van der Waals surface area contributed by atoms with Gasteiger partial charge in [-0.15, -0.1) is 5.98 Å². The van der Waals surface area contributed by atoms with Crippen molar-refractivity contribution in [2.24, 2.45) is 0 Å². The molecule has 5 aromatic rings. The van der Waals surface area contributed by atoms with E-state index in [0.717, 1.165) is 16.2 Å². The van der Waals surface area contributed by atoms with Crippen LogP contribution in [-0.4, -0.2) is 32.1 Å². The van der Waals surface area contributed by atoms with Crippen LogP contribution < -0.4 is 0 Å². The van der Waals surface area contributed by atoms with Crippen LogP contribution in [-0.2, 0) is 6.17 Å². The summed E-state index contributed by atoms with van der Waals surface area (Å²) in [6.45, 7) is 0. The van der Waals surface area contributed by atoms with Crippen LogP contribution >= 0.6 is 23.2 Å². The Morgan fingerprint density at radius 3 is 1.65 bits per heavy atom. The van der Waals surface area contributed by atoms with Gasteiger partial charge in [0.25, 0.3) is 0 Å². The van der Waals surface area contributed by atoms with Gasteiger partial charge in [0.15, 0.2) is 0 Å². The first-order valence-electron chi connectivity index (χ1n) is 12.2. The Labute approximate surface area is 232 Å². The van der Waals surface area contributed by atoms with Crippen molar-refractivity contribution in [3.8, 4) is 0 Å². The lowest BCUT2D eigenvalue weighted by Gasteiger charge is -2.18. The molecule has 0 unspecified atom stereocenters. The zero-order valence-electron chi connectivity index (χ0n) is 20.7. The highest BCUT2D eigenvalue weighted by Crippen LogP contribution is 2.26. The molecule has 0 fully saturated rings. The van der Waals surface area contributed by atoms with E-state index in [2.05, 4.69) is 96.7 Å². The van der Waals surface area contributed by atoms with E-state index < -0.39 is 9.52 Å². The summed E-state index contributed by atoms with van der Waals surface area (Å²) >= 11 is 12.0. The van der Waals surface area contributed by atoms with E-state index in [9.17, 15) is 0 Å². The van der Waals surface area contributed by atoms with Gasteiger partial charge in [0.05, 0.1) is 9.52 Å². The average Bonchev–Trinajstić information content (AvgIpc) is 3.47. The predicted octanol–water partition coefficient (Wildman–Crippen LogP) is 6.21. The van der Waals surface area contributed by atoms with Crippen LogP contribution in [0.2, 0.25) is 10.0 Å². The molecule has 0 aliphatic carbocycles. The lowest BCUT2D eigenvalue weighted by atomic mass is 9.92. The fraction of sp³-hybridized carbons (Fsp3) is 0.0667. The van der Waals surface area contributed by atoms with Gasteiger partial charge in [0.2, 0.25) is 0 Å². The summed E-state index contributed by atoms with van der Waals surface area (Å²) in [7, 11) is 1.59. The van der Waals surface area contributed by atoms with Gasteiger partial charge < -0.3 is 0 Å². The summed E-state index contributed by atoms with van der Waals surface area (Å²) in [5.74, 6) is 2.16. The van der Waals surface area contributed by atoms with Gasteiger partial charge in [-0.3, -0.25) is 4.68 Å². The smallest absolute Gasteiger partial charge is 0.137 e. The number of hydrogen-bond acceptors (Lipinski definition) is 2. The number of aromatic nitrogens is 3. The summed E-state index contributed by atoms with van der Waals surface area (Å²) in [5, 5.41) is 5.72. The van der Waals surface area contributed by atoms with Crippen molar-refractivity contribution in [3.63, 3.8) is 0 Å². The molecule has 3 nitrogen and oxygen atoms in total. The minimum absolute atomic E-state index is 0.402. The third-order valence-electron chi connectivity index (χ3n) is 6.12. The number of nitrogens with zero attached hydrogens (tertiary/aromatic N) is 3. The second kappa shape index (κ2) is 13.8. The molecule has 0 radical (unpaired) electrons. The molecule has 5 rings (SSSR count). The van der Waals surface area contributed by atoms with Crippen molar-refractivity contribution in [2.45, 2.75) is 11.7 Å². The zero-order valence-corrected chi connectivity index (χ0v) is 23.6. The predicted molar refractivity (Wildman–Crippen MR) is 162 cm³/mol. The standard InChI is InChI=1S/C16H15Cl2N3Si.C14H13B/c17-14-5-1-12(2-6-14)16(13-3-7-15(18)8-4-13)22-11-21-10-19-9-20-21;15-11-14(12-7-3-1-4-8-12)13-9-5-2-6-10-13/h1-10,16H,11,22H2;1-11H,15H2. The molecule has 0 aliphatic heterocycles. The molecular formula is C30H28BCl2N3Si. The summed E-state index contributed by atoms with van der Waals surface area (Å²) in [6.07, 6.45) is 4.29. The minimum atomic E-state index is -0.490. The second-order valence-corrected chi connectivity index (χ2v) is 11.3. The summed E-state index contributed by atoms with van der Waals surface area (Å²) in [5.41, 5.74) is 6.81. The Bertz CT molecular complexity index is 1290. The Kier molecular flexibility index (Phi) is 9.95. The van der Waals surface area contributed by atoms with Crippen LogP contribution in [0.1, 0.15) is 27.8 Å². The van der Waals surface area contributed by atoms with Gasteiger partial charge in [0.1, 0.15) is 20.5 Å². The quantitative estimate of drug-likeness (QED) is 0.230. The lowest BCUT2D eigenvalue weighted by Crippen LogP contribution is -2.16. The topological polar surface area (TPSA) is 30.7 Å². The van der Waals surface area contributed by atoms with Crippen LogP contribution in [0.15, 0.2) is 128 Å². The highest BCUT2D eigenvalue weighted by molar-refractivity contribution is 6.37. The van der Waals surface area contributed by atoms with E-state index in [1.807, 2.05) is 41.1 Å². The second-order valence-electron chi connectivity index (χ2n) is 8.54. The van der Waals surface area contributed by atoms with Crippen molar-refractivity contribution >= 4 is 46.1 Å². The molecule has 184 valence electrons. The Morgan fingerprint density at radius 1 is 0.757 bits per heavy atom. The highest BCUT2D eigenvalue weighted by atomic mass is 35.5. The number of hydrogen-bond donors (Lipinski definition) is 0. The van der Waals surface area contributed by atoms with Crippen LogP contribution in [0.25, 0.3) is 5.57 Å². The van der Waals surface area contributed by atoms with E-state index in [0.29, 0.717) is 5.54 Å². The lowest BCUT2D eigenvalue weighted by molar-refractivity contribution is 0.730. The summed E-state index contributed by atoms with van der Waals surface area (Å²) in [6, 6.07) is 37.2. The molecule has 0 bridgehead atoms. The first-order valence-corrected chi connectivity index (χ1v) is 14.8. The van der Waals surface area contributed by atoms with Gasteiger partial charge in [-0.05, 0) is 57.6 Å². The molecule has 37 heavy (non-hydrogen) atoms. The van der Waals surface area contributed by atoms with Crippen LogP contribution in [0.3, 0.4) is 0 Å². The molecule has 0 aliphatic rings. The van der Waals surface area contributed by atoms with Crippen LogP contribution in [0, 0.1) is 0 Å². The molecule has 1 heterocycles. The van der Waals surface area contributed by atoms with E-state index in [-0.39, 0.29) is 0 Å². The van der Waals surface area contributed by atoms with Gasteiger partial charge in [-0.2, -0.15) is 5.10 Å². The maximum Gasteiger partial charge on any atom is 0.137 e. The Hall–Kier alpha value is -3.38. The van der Waals surface area contributed by atoms with Gasteiger partial charge >= 0.3 is 0 Å². The van der Waals surface area contributed by atoms with Crippen molar-refractivity contribution < 1.29 is 0 Å². The van der Waals surface area contributed by atoms with Crippen LogP contribution in [0.4, 0.5) is 0 Å². The minimum Gasteiger partial charge on any atom is -0.257 e. The normalized spacial score (nSPS) is 10.8. The molecule has 0 amide bonds. The van der Waals surface area contributed by atoms with Crippen molar-refractivity contribution in [2.75, 3.05) is 0 Å². The summed E-state index contributed by atoms with van der Waals surface area (Å²) < 4.78 is 1.91. The van der Waals surface area contributed by atoms with Gasteiger partial charge in [-0.25, -0.2) is 4.98 Å². The monoisotopic (exact) mass is 539 g/mol. The first kappa shape index (κ1) is 26.7. The molecular weight excluding hydrogens is 512 g/mol. The fourth-order valence-electron chi connectivity index (χ4n) is 4.26. The van der Waals surface area contributed by atoms with Gasteiger partial charge in [0, 0.05) is 16.2 Å². The molecule has 0 atom stereocenters. The number of halogens is 2.